The van der Waals surface area contributed by atoms with Crippen LogP contribution in [0, 0.1) is 12.8 Å². The largest absolute Gasteiger partial charge is 0.395 e. The van der Waals surface area contributed by atoms with E-state index in [0.717, 1.165) is 30.4 Å². The Labute approximate surface area is 111 Å². The van der Waals surface area contributed by atoms with Crippen molar-refractivity contribution in [2.45, 2.75) is 45.4 Å². The average molecular weight is 250 g/mol. The molecule has 2 nitrogen and oxygen atoms in total. The van der Waals surface area contributed by atoms with Gasteiger partial charge in [-0.3, -0.25) is 0 Å². The van der Waals surface area contributed by atoms with Crippen LogP contribution < -0.4 is 0 Å². The second-order valence-corrected chi connectivity index (χ2v) is 5.51. The molecule has 1 rings (SSSR count). The molecule has 0 bridgehead atoms. The number of hydrogen-bond acceptors (Lipinski definition) is 2. The van der Waals surface area contributed by atoms with Gasteiger partial charge in [0.2, 0.25) is 0 Å². The van der Waals surface area contributed by atoms with Gasteiger partial charge in [-0.2, -0.15) is 0 Å². The second kappa shape index (κ2) is 6.91. The fourth-order valence-corrected chi connectivity index (χ4v) is 2.89. The van der Waals surface area contributed by atoms with Gasteiger partial charge in [-0.1, -0.05) is 51.0 Å². The van der Waals surface area contributed by atoms with Crippen molar-refractivity contribution < 1.29 is 10.2 Å². The Morgan fingerprint density at radius 2 is 1.78 bits per heavy atom. The van der Waals surface area contributed by atoms with Crippen molar-refractivity contribution in [1.29, 1.82) is 0 Å². The summed E-state index contributed by atoms with van der Waals surface area (Å²) >= 11 is 0. The van der Waals surface area contributed by atoms with Crippen LogP contribution in [0.3, 0.4) is 0 Å². The van der Waals surface area contributed by atoms with Crippen molar-refractivity contribution in [3.63, 3.8) is 0 Å². The van der Waals surface area contributed by atoms with Crippen molar-refractivity contribution in [3.05, 3.63) is 35.4 Å². The third kappa shape index (κ3) is 3.33. The van der Waals surface area contributed by atoms with E-state index in [9.17, 15) is 10.2 Å². The van der Waals surface area contributed by atoms with Crippen molar-refractivity contribution in [1.82, 2.24) is 0 Å². The Hall–Kier alpha value is -0.860. The van der Waals surface area contributed by atoms with E-state index in [2.05, 4.69) is 13.8 Å². The molecule has 102 valence electrons. The topological polar surface area (TPSA) is 40.5 Å². The van der Waals surface area contributed by atoms with E-state index in [-0.39, 0.29) is 13.2 Å². The summed E-state index contributed by atoms with van der Waals surface area (Å²) in [5, 5.41) is 19.6. The number of aryl methyl sites for hydroxylation is 1. The molecule has 2 heteroatoms. The highest BCUT2D eigenvalue weighted by molar-refractivity contribution is 5.34. The van der Waals surface area contributed by atoms with Crippen LogP contribution in [0.2, 0.25) is 0 Å². The molecule has 0 saturated heterocycles. The zero-order valence-electron chi connectivity index (χ0n) is 11.8. The quantitative estimate of drug-likeness (QED) is 0.781. The molecule has 1 aromatic carbocycles. The number of aliphatic hydroxyl groups is 2. The third-order valence-corrected chi connectivity index (χ3v) is 3.84. The molecule has 1 atom stereocenters. The lowest BCUT2D eigenvalue weighted by molar-refractivity contribution is 0.0952. The molecule has 0 aliphatic rings. The molecule has 18 heavy (non-hydrogen) atoms. The summed E-state index contributed by atoms with van der Waals surface area (Å²) in [6.07, 6.45) is 3.11. The predicted molar refractivity (Wildman–Crippen MR) is 75.7 cm³/mol. The van der Waals surface area contributed by atoms with Crippen molar-refractivity contribution in [2.75, 3.05) is 13.2 Å². The van der Waals surface area contributed by atoms with Crippen LogP contribution in [0.5, 0.6) is 0 Å². The summed E-state index contributed by atoms with van der Waals surface area (Å²) in [5.74, 6) is 0.508. The van der Waals surface area contributed by atoms with Crippen LogP contribution in [0.1, 0.15) is 44.2 Å². The Morgan fingerprint density at radius 3 is 2.28 bits per heavy atom. The first-order chi connectivity index (χ1) is 8.59. The maximum atomic E-state index is 9.81. The molecule has 0 spiro atoms. The SMILES string of the molecule is CCCC(C)CC(CO)(CO)c1ccccc1C. The van der Waals surface area contributed by atoms with E-state index >= 15 is 0 Å². The van der Waals surface area contributed by atoms with Crippen LogP contribution in [0.15, 0.2) is 24.3 Å². The zero-order chi connectivity index (χ0) is 13.6. The van der Waals surface area contributed by atoms with E-state index in [1.165, 1.54) is 0 Å². The normalized spacial score (nSPS) is 13.6. The Morgan fingerprint density at radius 1 is 1.17 bits per heavy atom. The highest BCUT2D eigenvalue weighted by Crippen LogP contribution is 2.34. The van der Waals surface area contributed by atoms with Gasteiger partial charge in [0.25, 0.3) is 0 Å². The van der Waals surface area contributed by atoms with Crippen LogP contribution in [-0.2, 0) is 5.41 Å². The molecule has 1 unspecified atom stereocenters. The lowest BCUT2D eigenvalue weighted by Gasteiger charge is -2.34. The van der Waals surface area contributed by atoms with Gasteiger partial charge in [0.1, 0.15) is 0 Å². The molecule has 0 fully saturated rings. The monoisotopic (exact) mass is 250 g/mol. The van der Waals surface area contributed by atoms with Gasteiger partial charge in [0, 0.05) is 5.41 Å². The van der Waals surface area contributed by atoms with Crippen LogP contribution in [0.25, 0.3) is 0 Å². The van der Waals surface area contributed by atoms with Crippen molar-refractivity contribution in [3.8, 4) is 0 Å². The summed E-state index contributed by atoms with van der Waals surface area (Å²) in [6.45, 7) is 6.41. The van der Waals surface area contributed by atoms with Crippen molar-refractivity contribution >= 4 is 0 Å². The first-order valence-electron chi connectivity index (χ1n) is 6.87. The maximum Gasteiger partial charge on any atom is 0.0550 e. The van der Waals surface area contributed by atoms with E-state index in [1.807, 2.05) is 31.2 Å². The van der Waals surface area contributed by atoms with Gasteiger partial charge in [0.05, 0.1) is 13.2 Å². The molecule has 2 N–H and O–H groups in total. The first-order valence-corrected chi connectivity index (χ1v) is 6.87. The van der Waals surface area contributed by atoms with E-state index in [4.69, 9.17) is 0 Å². The van der Waals surface area contributed by atoms with Crippen molar-refractivity contribution in [2.24, 2.45) is 5.92 Å². The molecule has 0 radical (unpaired) electrons. The maximum absolute atomic E-state index is 9.81. The molecule has 0 aromatic heterocycles. The van der Waals surface area contributed by atoms with E-state index < -0.39 is 5.41 Å². The number of rotatable bonds is 7. The molecule has 0 amide bonds. The smallest absolute Gasteiger partial charge is 0.0550 e. The minimum absolute atomic E-state index is 0.00239. The molecule has 0 aliphatic carbocycles. The Balaban J connectivity index is 3.03. The van der Waals surface area contributed by atoms with Crippen LogP contribution in [-0.4, -0.2) is 23.4 Å². The van der Waals surface area contributed by atoms with Gasteiger partial charge in [0.15, 0.2) is 0 Å². The summed E-state index contributed by atoms with van der Waals surface area (Å²) in [7, 11) is 0. The van der Waals surface area contributed by atoms with E-state index in [1.54, 1.807) is 0 Å². The summed E-state index contributed by atoms with van der Waals surface area (Å²) in [6, 6.07) is 8.04. The number of aliphatic hydroxyl groups excluding tert-OH is 2. The lowest BCUT2D eigenvalue weighted by atomic mass is 9.73. The Kier molecular flexibility index (Phi) is 5.83. The molecule has 0 saturated carbocycles. The molecule has 1 aromatic rings. The molecule has 0 heterocycles. The highest BCUT2D eigenvalue weighted by atomic mass is 16.3. The van der Waals surface area contributed by atoms with Crippen LogP contribution in [0.4, 0.5) is 0 Å². The number of hydrogen-bond donors (Lipinski definition) is 2. The standard InChI is InChI=1S/C16H26O2/c1-4-7-13(2)10-16(11-17,12-18)15-9-6-5-8-14(15)3/h5-6,8-9,13,17-18H,4,7,10-12H2,1-3H3. The molecule has 0 aliphatic heterocycles. The zero-order valence-corrected chi connectivity index (χ0v) is 11.8. The molecular formula is C16H26O2. The Bertz CT molecular complexity index is 356. The van der Waals surface area contributed by atoms with Gasteiger partial charge >= 0.3 is 0 Å². The van der Waals surface area contributed by atoms with Gasteiger partial charge in [-0.05, 0) is 30.4 Å². The van der Waals surface area contributed by atoms with Gasteiger partial charge in [-0.25, -0.2) is 0 Å². The van der Waals surface area contributed by atoms with Crippen LogP contribution >= 0.6 is 0 Å². The molecular weight excluding hydrogens is 224 g/mol. The van der Waals surface area contributed by atoms with E-state index in [0.29, 0.717) is 5.92 Å². The highest BCUT2D eigenvalue weighted by Gasteiger charge is 2.33. The summed E-state index contributed by atoms with van der Waals surface area (Å²) in [5.41, 5.74) is 1.72. The van der Waals surface area contributed by atoms with Gasteiger partial charge in [-0.15, -0.1) is 0 Å². The fraction of sp³-hybridized carbons (Fsp3) is 0.625. The minimum Gasteiger partial charge on any atom is -0.395 e. The fourth-order valence-electron chi connectivity index (χ4n) is 2.89. The second-order valence-electron chi connectivity index (χ2n) is 5.51. The van der Waals surface area contributed by atoms with Gasteiger partial charge < -0.3 is 10.2 Å². The first kappa shape index (κ1) is 15.2. The predicted octanol–water partition coefficient (Wildman–Crippen LogP) is 3.04. The third-order valence-electron chi connectivity index (χ3n) is 3.84. The minimum atomic E-state index is -0.500. The lowest BCUT2D eigenvalue weighted by Crippen LogP contribution is -2.37. The summed E-state index contributed by atoms with van der Waals surface area (Å²) in [4.78, 5) is 0. The summed E-state index contributed by atoms with van der Waals surface area (Å²) < 4.78 is 0. The number of benzene rings is 1. The average Bonchev–Trinajstić information content (AvgIpc) is 2.37.